The molecule has 76 valence electrons. The summed E-state index contributed by atoms with van der Waals surface area (Å²) in [7, 11) is 0. The van der Waals surface area contributed by atoms with E-state index in [0.29, 0.717) is 12.2 Å². The van der Waals surface area contributed by atoms with Crippen LogP contribution < -0.4 is 0 Å². The first kappa shape index (κ1) is 10.2. The molecule has 0 radical (unpaired) electrons. The molecule has 14 heavy (non-hydrogen) atoms. The minimum absolute atomic E-state index is 0.165. The lowest BCUT2D eigenvalue weighted by Crippen LogP contribution is -2.39. The van der Waals surface area contributed by atoms with Crippen LogP contribution >= 0.6 is 0 Å². The van der Waals surface area contributed by atoms with Gasteiger partial charge in [0.1, 0.15) is 0 Å². The number of alkyl halides is 2. The topological polar surface area (TPSA) is 86.3 Å². The van der Waals surface area contributed by atoms with Gasteiger partial charge in [0, 0.05) is 11.0 Å². The van der Waals surface area contributed by atoms with E-state index in [2.05, 4.69) is 0 Å². The van der Waals surface area contributed by atoms with Gasteiger partial charge in [-0.3, -0.25) is 20.2 Å². The second-order valence-corrected chi connectivity index (χ2v) is 2.59. The molecule has 0 aromatic rings. The quantitative estimate of drug-likeness (QED) is 0.498. The normalized spacial score (nSPS) is 24.1. The van der Waals surface area contributed by atoms with Gasteiger partial charge in [0.15, 0.2) is 0 Å². The van der Waals surface area contributed by atoms with Crippen LogP contribution in [0.25, 0.3) is 0 Å². The Morgan fingerprint density at radius 2 is 1.93 bits per heavy atom. The van der Waals surface area contributed by atoms with Crippen molar-refractivity contribution in [1.29, 1.82) is 0 Å². The fourth-order valence-corrected chi connectivity index (χ4v) is 0.947. The molecule has 0 amide bonds. The average molecular weight is 206 g/mol. The lowest BCUT2D eigenvalue weighted by molar-refractivity contribution is -0.535. The zero-order valence-corrected chi connectivity index (χ0v) is 6.59. The van der Waals surface area contributed by atoms with Crippen molar-refractivity contribution in [3.05, 3.63) is 44.2 Å². The Morgan fingerprint density at radius 1 is 1.36 bits per heavy atom. The third-order valence-electron chi connectivity index (χ3n) is 1.64. The van der Waals surface area contributed by atoms with Crippen molar-refractivity contribution < 1.29 is 18.6 Å². The minimum Gasteiger partial charge on any atom is -0.264 e. The van der Waals surface area contributed by atoms with Crippen molar-refractivity contribution >= 4 is 0 Å². The summed E-state index contributed by atoms with van der Waals surface area (Å²) in [5.41, 5.74) is -0.697. The Morgan fingerprint density at radius 3 is 2.36 bits per heavy atom. The van der Waals surface area contributed by atoms with E-state index in [1.165, 1.54) is 0 Å². The van der Waals surface area contributed by atoms with Gasteiger partial charge in [-0.25, -0.2) is 0 Å². The van der Waals surface area contributed by atoms with Gasteiger partial charge in [0.25, 0.3) is 5.70 Å². The highest BCUT2D eigenvalue weighted by atomic mass is 19.3. The summed E-state index contributed by atoms with van der Waals surface area (Å²) in [6, 6.07) is -2.37. The fraction of sp³-hybridized carbons (Fsp3) is 0.333. The van der Waals surface area contributed by atoms with E-state index in [4.69, 9.17) is 0 Å². The van der Waals surface area contributed by atoms with E-state index in [9.17, 15) is 29.0 Å². The third-order valence-corrected chi connectivity index (χ3v) is 1.64. The van der Waals surface area contributed by atoms with E-state index in [-0.39, 0.29) is 6.08 Å². The van der Waals surface area contributed by atoms with Crippen molar-refractivity contribution in [1.82, 2.24) is 0 Å². The van der Waals surface area contributed by atoms with Gasteiger partial charge in [-0.1, -0.05) is 0 Å². The van der Waals surface area contributed by atoms with Crippen LogP contribution in [-0.2, 0) is 0 Å². The molecule has 0 spiro atoms. The van der Waals surface area contributed by atoms with Gasteiger partial charge >= 0.3 is 12.0 Å². The van der Waals surface area contributed by atoms with Gasteiger partial charge in [-0.15, -0.1) is 0 Å². The molecule has 1 aliphatic carbocycles. The van der Waals surface area contributed by atoms with Crippen LogP contribution in [0.2, 0.25) is 0 Å². The molecule has 0 heterocycles. The second-order valence-electron chi connectivity index (χ2n) is 2.59. The number of allylic oxidation sites excluding steroid dienone is 1. The Bertz CT molecular complexity index is 350. The number of nitro groups is 2. The lowest BCUT2D eigenvalue weighted by Gasteiger charge is -2.16. The molecule has 0 bridgehead atoms. The first-order valence-electron chi connectivity index (χ1n) is 3.41. The minimum atomic E-state index is -3.68. The molecule has 0 fully saturated rings. The van der Waals surface area contributed by atoms with Crippen molar-refractivity contribution in [3.8, 4) is 0 Å². The number of hydrogen-bond acceptors (Lipinski definition) is 4. The van der Waals surface area contributed by atoms with Crippen LogP contribution in [0, 0.1) is 20.2 Å². The summed E-state index contributed by atoms with van der Waals surface area (Å²) in [5.74, 6) is -3.68. The van der Waals surface area contributed by atoms with Crippen molar-refractivity contribution in [2.45, 2.75) is 12.0 Å². The van der Waals surface area contributed by atoms with E-state index in [1.54, 1.807) is 0 Å². The van der Waals surface area contributed by atoms with Crippen LogP contribution in [0.3, 0.4) is 0 Å². The highest BCUT2D eigenvalue weighted by Crippen LogP contribution is 2.28. The molecule has 1 aliphatic rings. The van der Waals surface area contributed by atoms with E-state index < -0.39 is 27.5 Å². The molecular formula is C6H4F2N2O4. The zero-order chi connectivity index (χ0) is 10.9. The van der Waals surface area contributed by atoms with Crippen LogP contribution in [0.5, 0.6) is 0 Å². The monoisotopic (exact) mass is 206 g/mol. The number of rotatable bonds is 2. The molecule has 0 aromatic carbocycles. The molecule has 0 saturated heterocycles. The first-order valence-corrected chi connectivity index (χ1v) is 3.41. The van der Waals surface area contributed by atoms with Gasteiger partial charge < -0.3 is 0 Å². The summed E-state index contributed by atoms with van der Waals surface area (Å²) < 4.78 is 25.5. The smallest absolute Gasteiger partial charge is 0.264 e. The molecule has 6 nitrogen and oxygen atoms in total. The maximum absolute atomic E-state index is 12.8. The Kier molecular flexibility index (Phi) is 2.28. The predicted octanol–water partition coefficient (Wildman–Crippen LogP) is 0.997. The maximum atomic E-state index is 12.8. The van der Waals surface area contributed by atoms with E-state index in [0.717, 1.165) is 0 Å². The molecule has 8 heteroatoms. The molecule has 1 atom stereocenters. The third kappa shape index (κ3) is 1.73. The highest BCUT2D eigenvalue weighted by Gasteiger charge is 2.48. The molecule has 0 N–H and O–H groups in total. The largest absolute Gasteiger partial charge is 0.336 e. The summed E-state index contributed by atoms with van der Waals surface area (Å²) in [4.78, 5) is 18.1. The molecule has 0 saturated carbocycles. The molecule has 0 aliphatic heterocycles. The molecular weight excluding hydrogens is 202 g/mol. The van der Waals surface area contributed by atoms with E-state index >= 15 is 0 Å². The fourth-order valence-electron chi connectivity index (χ4n) is 0.947. The Balaban J connectivity index is 3.07. The van der Waals surface area contributed by atoms with Crippen LogP contribution in [-0.4, -0.2) is 21.8 Å². The van der Waals surface area contributed by atoms with Crippen LogP contribution in [0.1, 0.15) is 0 Å². The number of hydrogen-bond donors (Lipinski definition) is 0. The lowest BCUT2D eigenvalue weighted by atomic mass is 10.0. The number of halogens is 2. The van der Waals surface area contributed by atoms with Crippen molar-refractivity contribution in [3.63, 3.8) is 0 Å². The van der Waals surface area contributed by atoms with Gasteiger partial charge in [-0.2, -0.15) is 8.78 Å². The van der Waals surface area contributed by atoms with Crippen LogP contribution in [0.15, 0.2) is 23.9 Å². The zero-order valence-electron chi connectivity index (χ0n) is 6.59. The SMILES string of the molecule is O=[N+]([O-])C1=CC([N+](=O)[O-])C(F)(F)C=C1. The van der Waals surface area contributed by atoms with Crippen molar-refractivity contribution in [2.24, 2.45) is 0 Å². The van der Waals surface area contributed by atoms with E-state index in [1.807, 2.05) is 0 Å². The summed E-state index contributed by atoms with van der Waals surface area (Å²) >= 11 is 0. The highest BCUT2D eigenvalue weighted by molar-refractivity contribution is 5.24. The predicted molar refractivity (Wildman–Crippen MR) is 39.9 cm³/mol. The second kappa shape index (κ2) is 3.13. The average Bonchev–Trinajstić information content (AvgIpc) is 2.02. The van der Waals surface area contributed by atoms with Gasteiger partial charge in [0.05, 0.1) is 11.0 Å². The van der Waals surface area contributed by atoms with Crippen LogP contribution in [0.4, 0.5) is 8.78 Å². The Labute approximate surface area is 75.8 Å². The van der Waals surface area contributed by atoms with Crippen molar-refractivity contribution in [2.75, 3.05) is 0 Å². The summed E-state index contributed by atoms with van der Waals surface area (Å²) in [6.45, 7) is 0. The Hall–Kier alpha value is -1.86. The molecule has 0 aromatic heterocycles. The van der Waals surface area contributed by atoms with Gasteiger partial charge in [-0.05, 0) is 6.08 Å². The summed E-state index contributed by atoms with van der Waals surface area (Å²) in [5, 5.41) is 20.3. The standard InChI is InChI=1S/C6H4F2N2O4/c7-6(8)2-1-4(9(11)12)3-5(6)10(13)14/h1-3,5H. The maximum Gasteiger partial charge on any atom is 0.336 e. The van der Waals surface area contributed by atoms with Gasteiger partial charge in [0.2, 0.25) is 0 Å². The number of nitrogens with zero attached hydrogens (tertiary/aromatic N) is 2. The summed E-state index contributed by atoms with van der Waals surface area (Å²) in [6.07, 6.45) is 1.05. The first-order chi connectivity index (χ1) is 6.34. The molecule has 1 unspecified atom stereocenters. The molecule has 1 rings (SSSR count).